The molecule has 8 heteroatoms. The number of halogens is 3. The predicted molar refractivity (Wildman–Crippen MR) is 109 cm³/mol. The van der Waals surface area contributed by atoms with Crippen molar-refractivity contribution in [3.8, 4) is 5.69 Å². The van der Waals surface area contributed by atoms with Gasteiger partial charge in [-0.3, -0.25) is 9.59 Å². The summed E-state index contributed by atoms with van der Waals surface area (Å²) in [5.41, 5.74) is -0.113. The molecule has 0 aliphatic rings. The summed E-state index contributed by atoms with van der Waals surface area (Å²) in [5.74, 6) is -0.815. The van der Waals surface area contributed by atoms with Gasteiger partial charge in [-0.1, -0.05) is 29.3 Å². The van der Waals surface area contributed by atoms with Crippen molar-refractivity contribution in [2.24, 2.45) is 0 Å². The van der Waals surface area contributed by atoms with Crippen LogP contribution in [0, 0.1) is 5.82 Å². The molecule has 1 unspecified atom stereocenters. The lowest BCUT2D eigenvalue weighted by Gasteiger charge is -2.19. The average Bonchev–Trinajstić information content (AvgIpc) is 2.68. The van der Waals surface area contributed by atoms with Crippen LogP contribution in [-0.4, -0.2) is 20.7 Å². The van der Waals surface area contributed by atoms with Crippen molar-refractivity contribution >= 4 is 40.2 Å². The number of para-hydroxylation sites is 1. The van der Waals surface area contributed by atoms with E-state index in [-0.39, 0.29) is 37.6 Å². The third-order valence-electron chi connectivity index (χ3n) is 4.04. The third-order valence-corrected chi connectivity index (χ3v) is 6.00. The van der Waals surface area contributed by atoms with Crippen molar-refractivity contribution < 1.29 is 13.7 Å². The van der Waals surface area contributed by atoms with Gasteiger partial charge < -0.3 is 4.55 Å². The van der Waals surface area contributed by atoms with E-state index in [4.69, 9.17) is 23.2 Å². The first kappa shape index (κ1) is 20.6. The van der Waals surface area contributed by atoms with Gasteiger partial charge >= 0.3 is 0 Å². The number of nitrogens with zero attached hydrogens (tertiary/aromatic N) is 1. The maximum Gasteiger partial charge on any atom is 0.258 e. The van der Waals surface area contributed by atoms with Gasteiger partial charge in [0.05, 0.1) is 21.3 Å². The number of pyridine rings is 1. The maximum absolute atomic E-state index is 13.2. The summed E-state index contributed by atoms with van der Waals surface area (Å²) in [6.45, 7) is 1.66. The highest BCUT2D eigenvalue weighted by Crippen LogP contribution is 2.31. The number of hydrogen-bond acceptors (Lipinski definition) is 3. The summed E-state index contributed by atoms with van der Waals surface area (Å²) >= 11 is 10.8. The van der Waals surface area contributed by atoms with Crippen LogP contribution in [0.3, 0.4) is 0 Å². The van der Waals surface area contributed by atoms with E-state index in [1.54, 1.807) is 25.1 Å². The van der Waals surface area contributed by atoms with E-state index in [0.717, 1.165) is 16.7 Å². The Bertz CT molecular complexity index is 1080. The number of aromatic nitrogens is 1. The van der Waals surface area contributed by atoms with Gasteiger partial charge in [-0.05, 0) is 49.4 Å². The zero-order chi connectivity index (χ0) is 20.4. The molecule has 0 N–H and O–H groups in total. The molecule has 1 heterocycles. The fourth-order valence-electron chi connectivity index (χ4n) is 2.73. The highest BCUT2D eigenvalue weighted by Gasteiger charge is 2.28. The fraction of sp³-hybridized carbons (Fsp3) is 0.100. The minimum atomic E-state index is -1.69. The van der Waals surface area contributed by atoms with E-state index in [1.807, 2.05) is 0 Å². The van der Waals surface area contributed by atoms with Crippen molar-refractivity contribution in [2.75, 3.05) is 5.75 Å². The quantitative estimate of drug-likeness (QED) is 0.431. The Balaban J connectivity index is 2.32. The van der Waals surface area contributed by atoms with Crippen LogP contribution in [0.2, 0.25) is 10.0 Å². The number of benzene rings is 2. The summed E-state index contributed by atoms with van der Waals surface area (Å²) in [4.78, 5) is 25.7. The number of ketones is 1. The lowest BCUT2D eigenvalue weighted by molar-refractivity contribution is 0.103. The lowest BCUT2D eigenvalue weighted by Crippen LogP contribution is -2.28. The molecule has 2 aromatic carbocycles. The van der Waals surface area contributed by atoms with Gasteiger partial charge in [0.25, 0.3) is 5.56 Å². The molecule has 0 bridgehead atoms. The molecule has 3 aromatic rings. The van der Waals surface area contributed by atoms with E-state index >= 15 is 0 Å². The minimum Gasteiger partial charge on any atom is -0.610 e. The van der Waals surface area contributed by atoms with Gasteiger partial charge in [0.1, 0.15) is 11.6 Å². The molecule has 144 valence electrons. The molecule has 0 aliphatic carbocycles. The third kappa shape index (κ3) is 3.86. The number of carbonyl (C=O) groups excluding carboxylic acids is 1. The molecule has 3 rings (SSSR count). The molecule has 0 aliphatic heterocycles. The molecule has 0 fully saturated rings. The van der Waals surface area contributed by atoms with Crippen LogP contribution in [0.1, 0.15) is 22.8 Å². The van der Waals surface area contributed by atoms with Crippen LogP contribution >= 0.6 is 23.2 Å². The Labute approximate surface area is 173 Å². The molecule has 0 amide bonds. The van der Waals surface area contributed by atoms with Crippen LogP contribution in [0.25, 0.3) is 5.69 Å². The molecule has 0 spiro atoms. The van der Waals surface area contributed by atoms with Crippen molar-refractivity contribution in [1.29, 1.82) is 0 Å². The second kappa shape index (κ2) is 8.49. The first-order chi connectivity index (χ1) is 13.3. The van der Waals surface area contributed by atoms with E-state index in [9.17, 15) is 18.5 Å². The van der Waals surface area contributed by atoms with Crippen molar-refractivity contribution in [2.45, 2.75) is 11.9 Å². The molecule has 0 saturated heterocycles. The Morgan fingerprint density at radius 2 is 1.68 bits per heavy atom. The van der Waals surface area contributed by atoms with Gasteiger partial charge in [-0.2, -0.15) is 0 Å². The SMILES string of the molecule is CC[S+]([O-])c1c(C(=O)c2ccc(F)cc2)ccc(=O)n1-c1c(Cl)cccc1Cl. The van der Waals surface area contributed by atoms with Gasteiger partial charge in [0.15, 0.2) is 5.78 Å². The van der Waals surface area contributed by atoms with Gasteiger partial charge in [-0.25, -0.2) is 8.96 Å². The Hall–Kier alpha value is -2.12. The fourth-order valence-corrected chi connectivity index (χ4v) is 4.36. The number of hydrogen-bond donors (Lipinski definition) is 0. The lowest BCUT2D eigenvalue weighted by atomic mass is 10.0. The van der Waals surface area contributed by atoms with Gasteiger partial charge in [0.2, 0.25) is 5.03 Å². The van der Waals surface area contributed by atoms with Gasteiger partial charge in [0, 0.05) is 22.8 Å². The second-order valence-corrected chi connectivity index (χ2v) is 8.24. The summed E-state index contributed by atoms with van der Waals surface area (Å²) in [7, 11) is 0. The summed E-state index contributed by atoms with van der Waals surface area (Å²) in [5, 5.41) is 0.352. The minimum absolute atomic E-state index is 0.000625. The molecule has 1 atom stereocenters. The highest BCUT2D eigenvalue weighted by atomic mass is 35.5. The molecule has 28 heavy (non-hydrogen) atoms. The summed E-state index contributed by atoms with van der Waals surface area (Å²) in [6, 6.07) is 12.2. The Morgan fingerprint density at radius 3 is 2.25 bits per heavy atom. The highest BCUT2D eigenvalue weighted by molar-refractivity contribution is 7.91. The van der Waals surface area contributed by atoms with Crippen molar-refractivity contribution in [1.82, 2.24) is 4.57 Å². The monoisotopic (exact) mass is 437 g/mol. The standard InChI is InChI=1S/C20H14Cl2FNO3S/c1-2-28(27)20-14(19(26)12-6-8-13(23)9-7-12)10-11-17(25)24(20)18-15(21)4-3-5-16(18)22/h3-11H,2H2,1H3. The number of rotatable bonds is 5. The van der Waals surface area contributed by atoms with E-state index in [2.05, 4.69) is 0 Å². The molecular weight excluding hydrogens is 424 g/mol. The average molecular weight is 438 g/mol. The van der Waals surface area contributed by atoms with Crippen molar-refractivity contribution in [3.63, 3.8) is 0 Å². The Morgan fingerprint density at radius 1 is 1.07 bits per heavy atom. The van der Waals surface area contributed by atoms with Crippen molar-refractivity contribution in [3.05, 3.63) is 91.9 Å². The van der Waals surface area contributed by atoms with E-state index in [1.165, 1.54) is 24.3 Å². The first-order valence-electron chi connectivity index (χ1n) is 8.24. The largest absolute Gasteiger partial charge is 0.610 e. The zero-order valence-corrected chi connectivity index (χ0v) is 16.9. The van der Waals surface area contributed by atoms with Gasteiger partial charge in [-0.15, -0.1) is 0 Å². The van der Waals surface area contributed by atoms with Crippen LogP contribution in [0.5, 0.6) is 0 Å². The molecule has 0 radical (unpaired) electrons. The topological polar surface area (TPSA) is 62.1 Å². The second-order valence-electron chi connectivity index (χ2n) is 5.77. The molecule has 4 nitrogen and oxygen atoms in total. The van der Waals surface area contributed by atoms with Crippen LogP contribution in [0.4, 0.5) is 4.39 Å². The maximum atomic E-state index is 13.2. The normalized spacial score (nSPS) is 12.0. The van der Waals surface area contributed by atoms with Crippen LogP contribution in [0.15, 0.2) is 64.4 Å². The zero-order valence-electron chi connectivity index (χ0n) is 14.6. The smallest absolute Gasteiger partial charge is 0.258 e. The molecule has 1 aromatic heterocycles. The predicted octanol–water partition coefficient (Wildman–Crippen LogP) is 4.64. The molecule has 0 saturated carbocycles. The van der Waals surface area contributed by atoms with Crippen LogP contribution < -0.4 is 5.56 Å². The summed E-state index contributed by atoms with van der Waals surface area (Å²) < 4.78 is 27.2. The van der Waals surface area contributed by atoms with Crippen LogP contribution in [-0.2, 0) is 11.2 Å². The first-order valence-corrected chi connectivity index (χ1v) is 10.3. The van der Waals surface area contributed by atoms with E-state index < -0.39 is 28.3 Å². The summed E-state index contributed by atoms with van der Waals surface area (Å²) in [6.07, 6.45) is 0. The number of carbonyl (C=O) groups is 1. The molecular formula is C20H14Cl2FNO3S. The Kier molecular flexibility index (Phi) is 6.25. The van der Waals surface area contributed by atoms with E-state index in [0.29, 0.717) is 0 Å².